The van der Waals surface area contributed by atoms with E-state index in [2.05, 4.69) is 21.4 Å². The number of hydrogen-bond acceptors (Lipinski definition) is 5. The van der Waals surface area contributed by atoms with Crippen LogP contribution in [0, 0.1) is 0 Å². The molecule has 0 radical (unpaired) electrons. The van der Waals surface area contributed by atoms with Gasteiger partial charge in [0.2, 0.25) is 0 Å². The van der Waals surface area contributed by atoms with Crippen molar-refractivity contribution in [3.63, 3.8) is 0 Å². The number of benzene rings is 1. The van der Waals surface area contributed by atoms with Crippen molar-refractivity contribution < 1.29 is 4.79 Å². The molecule has 1 N–H and O–H groups in total. The number of fused-ring (bicyclic) bond motifs is 1. The van der Waals surface area contributed by atoms with Crippen molar-refractivity contribution in [1.29, 1.82) is 0 Å². The van der Waals surface area contributed by atoms with Crippen LogP contribution in [0.1, 0.15) is 9.67 Å². The Balaban J connectivity index is 1.60. The van der Waals surface area contributed by atoms with Crippen molar-refractivity contribution in [2.45, 2.75) is 0 Å². The lowest BCUT2D eigenvalue weighted by molar-refractivity contribution is 0.103. The van der Waals surface area contributed by atoms with Crippen molar-refractivity contribution in [1.82, 2.24) is 9.97 Å². The van der Waals surface area contributed by atoms with Crippen LogP contribution in [-0.2, 0) is 0 Å². The van der Waals surface area contributed by atoms with E-state index in [0.717, 1.165) is 20.1 Å². The summed E-state index contributed by atoms with van der Waals surface area (Å²) in [6.07, 6.45) is 1.65. The number of nitrogens with zero attached hydrogens (tertiary/aromatic N) is 2. The molecule has 0 unspecified atom stereocenters. The van der Waals surface area contributed by atoms with E-state index in [-0.39, 0.29) is 5.91 Å². The van der Waals surface area contributed by atoms with Gasteiger partial charge in [-0.15, -0.1) is 22.7 Å². The van der Waals surface area contributed by atoms with Crippen LogP contribution in [-0.4, -0.2) is 15.9 Å². The van der Waals surface area contributed by atoms with Crippen molar-refractivity contribution in [3.05, 3.63) is 65.7 Å². The maximum absolute atomic E-state index is 12.3. The molecule has 1 amide bonds. The number of hydrogen-bond donors (Lipinski definition) is 1. The summed E-state index contributed by atoms with van der Waals surface area (Å²) in [5, 5.41) is 3.73. The van der Waals surface area contributed by atoms with Gasteiger partial charge in [-0.25, -0.2) is 9.97 Å². The first kappa shape index (κ1) is 14.0. The van der Waals surface area contributed by atoms with E-state index < -0.39 is 0 Å². The molecule has 0 aliphatic carbocycles. The molecule has 0 bridgehead atoms. The van der Waals surface area contributed by atoms with Crippen LogP contribution in [0.2, 0.25) is 0 Å². The molecule has 0 saturated carbocycles. The van der Waals surface area contributed by atoms with Gasteiger partial charge < -0.3 is 5.32 Å². The lowest BCUT2D eigenvalue weighted by atomic mass is 10.3. The summed E-state index contributed by atoms with van der Waals surface area (Å²) in [6, 6.07) is 17.2. The molecule has 0 atom stereocenters. The number of anilines is 1. The second kappa shape index (κ2) is 5.91. The summed E-state index contributed by atoms with van der Waals surface area (Å²) in [7, 11) is 0. The van der Waals surface area contributed by atoms with Gasteiger partial charge in [0.05, 0.1) is 20.0 Å². The molecular weight excluding hydrogens is 326 g/mol. The second-order valence-electron chi connectivity index (χ2n) is 4.82. The molecule has 0 aliphatic rings. The van der Waals surface area contributed by atoms with Gasteiger partial charge in [-0.1, -0.05) is 18.2 Å². The highest BCUT2D eigenvalue weighted by molar-refractivity contribution is 7.26. The predicted molar refractivity (Wildman–Crippen MR) is 95.1 cm³/mol. The summed E-state index contributed by atoms with van der Waals surface area (Å²) in [5.41, 5.74) is 0.986. The van der Waals surface area contributed by atoms with E-state index in [9.17, 15) is 4.79 Å². The van der Waals surface area contributed by atoms with E-state index in [4.69, 9.17) is 0 Å². The predicted octanol–water partition coefficient (Wildman–Crippen LogP) is 4.67. The van der Waals surface area contributed by atoms with Crippen LogP contribution >= 0.6 is 22.7 Å². The minimum Gasteiger partial charge on any atom is -0.306 e. The Labute approximate surface area is 140 Å². The van der Waals surface area contributed by atoms with Crippen molar-refractivity contribution >= 4 is 44.6 Å². The molecule has 4 nitrogen and oxygen atoms in total. The van der Waals surface area contributed by atoms with E-state index in [1.54, 1.807) is 23.6 Å². The van der Waals surface area contributed by atoms with E-state index in [1.165, 1.54) is 11.3 Å². The Kier molecular flexibility index (Phi) is 3.61. The molecular formula is C17H11N3OS2. The number of amides is 1. The topological polar surface area (TPSA) is 54.9 Å². The van der Waals surface area contributed by atoms with Gasteiger partial charge in [-0.3, -0.25) is 4.79 Å². The number of carbonyl (C=O) groups is 1. The highest BCUT2D eigenvalue weighted by Gasteiger charge is 2.13. The fraction of sp³-hybridized carbons (Fsp3) is 0. The summed E-state index contributed by atoms with van der Waals surface area (Å²) in [4.78, 5) is 22.6. The monoisotopic (exact) mass is 337 g/mol. The maximum atomic E-state index is 12.3. The Morgan fingerprint density at radius 1 is 0.957 bits per heavy atom. The first-order chi connectivity index (χ1) is 11.3. The molecule has 0 fully saturated rings. The Bertz CT molecular complexity index is 943. The number of thiophene rings is 1. The average molecular weight is 337 g/mol. The third-order valence-corrected chi connectivity index (χ3v) is 5.53. The summed E-state index contributed by atoms with van der Waals surface area (Å²) < 4.78 is 1.15. The van der Waals surface area contributed by atoms with Gasteiger partial charge in [0.1, 0.15) is 10.8 Å². The fourth-order valence-electron chi connectivity index (χ4n) is 2.17. The second-order valence-corrected chi connectivity index (χ2v) is 6.93. The molecule has 4 aromatic rings. The minimum absolute atomic E-state index is 0.152. The summed E-state index contributed by atoms with van der Waals surface area (Å²) in [6.45, 7) is 0. The number of pyridine rings is 1. The van der Waals surface area contributed by atoms with Crippen LogP contribution in [0.4, 0.5) is 5.82 Å². The van der Waals surface area contributed by atoms with Gasteiger partial charge in [0.15, 0.2) is 0 Å². The number of carbonyl (C=O) groups excluding carboxylic acids is 1. The zero-order valence-electron chi connectivity index (χ0n) is 11.9. The highest BCUT2D eigenvalue weighted by atomic mass is 32.1. The van der Waals surface area contributed by atoms with E-state index >= 15 is 0 Å². The standard InChI is InChI=1S/C17H11N3OS2/c21-16(20-15-7-3-4-10-18-15)13-8-9-14(22-13)17-19-11-5-1-2-6-12(11)23-17/h1-10H,(H,18,20,21). The molecule has 112 valence electrons. The molecule has 6 heteroatoms. The molecule has 4 rings (SSSR count). The SMILES string of the molecule is O=C(Nc1ccccn1)c1ccc(-c2nc3ccccc3s2)s1. The Morgan fingerprint density at radius 3 is 2.65 bits per heavy atom. The lowest BCUT2D eigenvalue weighted by Gasteiger charge is -2.00. The lowest BCUT2D eigenvalue weighted by Crippen LogP contribution is -2.10. The molecule has 3 aromatic heterocycles. The fourth-order valence-corrected chi connectivity index (χ4v) is 4.09. The smallest absolute Gasteiger partial charge is 0.266 e. The molecule has 0 aliphatic heterocycles. The van der Waals surface area contributed by atoms with Crippen molar-refractivity contribution in [2.24, 2.45) is 0 Å². The van der Waals surface area contributed by atoms with Crippen molar-refractivity contribution in [2.75, 3.05) is 5.32 Å². The molecule has 0 saturated heterocycles. The first-order valence-electron chi connectivity index (χ1n) is 6.98. The average Bonchev–Trinajstić information content (AvgIpc) is 3.22. The Hall–Kier alpha value is -2.57. The third-order valence-electron chi connectivity index (χ3n) is 3.24. The van der Waals surface area contributed by atoms with Crippen molar-refractivity contribution in [3.8, 4) is 9.88 Å². The molecule has 23 heavy (non-hydrogen) atoms. The van der Waals surface area contributed by atoms with Crippen LogP contribution in [0.25, 0.3) is 20.1 Å². The van der Waals surface area contributed by atoms with Gasteiger partial charge in [0.25, 0.3) is 5.91 Å². The number of para-hydroxylation sites is 1. The Morgan fingerprint density at radius 2 is 1.83 bits per heavy atom. The quantitative estimate of drug-likeness (QED) is 0.591. The zero-order valence-corrected chi connectivity index (χ0v) is 13.5. The van der Waals surface area contributed by atoms with Crippen LogP contribution in [0.15, 0.2) is 60.8 Å². The normalized spacial score (nSPS) is 10.8. The van der Waals surface area contributed by atoms with Crippen LogP contribution < -0.4 is 5.32 Å². The van der Waals surface area contributed by atoms with Gasteiger partial charge >= 0.3 is 0 Å². The van der Waals surface area contributed by atoms with E-state index in [0.29, 0.717) is 10.7 Å². The summed E-state index contributed by atoms with van der Waals surface area (Å²) in [5.74, 6) is 0.397. The number of rotatable bonds is 3. The van der Waals surface area contributed by atoms with Gasteiger partial charge in [-0.2, -0.15) is 0 Å². The number of nitrogens with one attached hydrogen (secondary N) is 1. The zero-order chi connectivity index (χ0) is 15.6. The van der Waals surface area contributed by atoms with Crippen LogP contribution in [0.5, 0.6) is 0 Å². The maximum Gasteiger partial charge on any atom is 0.266 e. The van der Waals surface area contributed by atoms with Gasteiger partial charge in [0, 0.05) is 6.20 Å². The van der Waals surface area contributed by atoms with Gasteiger partial charge in [-0.05, 0) is 36.4 Å². The first-order valence-corrected chi connectivity index (χ1v) is 8.61. The summed E-state index contributed by atoms with van der Waals surface area (Å²) >= 11 is 3.07. The number of thiazole rings is 1. The highest BCUT2D eigenvalue weighted by Crippen LogP contribution is 2.34. The molecule has 3 heterocycles. The van der Waals surface area contributed by atoms with E-state index in [1.807, 2.05) is 42.5 Å². The minimum atomic E-state index is -0.152. The number of aromatic nitrogens is 2. The molecule has 1 aromatic carbocycles. The van der Waals surface area contributed by atoms with Crippen LogP contribution in [0.3, 0.4) is 0 Å². The molecule has 0 spiro atoms. The third kappa shape index (κ3) is 2.86. The largest absolute Gasteiger partial charge is 0.306 e.